The summed E-state index contributed by atoms with van der Waals surface area (Å²) in [6.45, 7) is 2.23. The van der Waals surface area contributed by atoms with Gasteiger partial charge in [-0.2, -0.15) is 0 Å². The fourth-order valence-corrected chi connectivity index (χ4v) is 2.44. The molecule has 0 radical (unpaired) electrons. The van der Waals surface area contributed by atoms with Crippen LogP contribution in [0.25, 0.3) is 0 Å². The standard InChI is InChI=1S/C13H22O/c1-3-4-6-9-12(14)13(2)10-7-5-8-11-13/h1,12,14H,4-11H2,2H3. The van der Waals surface area contributed by atoms with Crippen molar-refractivity contribution in [2.45, 2.75) is 64.4 Å². The molecule has 0 saturated heterocycles. The van der Waals surface area contributed by atoms with Gasteiger partial charge < -0.3 is 5.11 Å². The molecule has 0 spiro atoms. The Morgan fingerprint density at radius 1 is 1.36 bits per heavy atom. The van der Waals surface area contributed by atoms with Crippen LogP contribution in [0.4, 0.5) is 0 Å². The molecule has 1 aliphatic carbocycles. The molecule has 1 rings (SSSR count). The van der Waals surface area contributed by atoms with Gasteiger partial charge in [0.1, 0.15) is 0 Å². The molecule has 0 amide bonds. The largest absolute Gasteiger partial charge is 0.393 e. The molecule has 0 aromatic rings. The summed E-state index contributed by atoms with van der Waals surface area (Å²) >= 11 is 0. The van der Waals surface area contributed by atoms with E-state index < -0.39 is 0 Å². The fourth-order valence-electron chi connectivity index (χ4n) is 2.44. The highest BCUT2D eigenvalue weighted by molar-refractivity contribution is 4.87. The lowest BCUT2D eigenvalue weighted by molar-refractivity contribution is 0.00333. The highest BCUT2D eigenvalue weighted by atomic mass is 16.3. The quantitative estimate of drug-likeness (QED) is 0.538. The Bertz CT molecular complexity index is 196. The first-order valence-electron chi connectivity index (χ1n) is 5.80. The number of terminal acetylenes is 1. The van der Waals surface area contributed by atoms with Crippen LogP contribution in [-0.4, -0.2) is 11.2 Å². The maximum atomic E-state index is 10.1. The van der Waals surface area contributed by atoms with E-state index in [0.29, 0.717) is 0 Å². The van der Waals surface area contributed by atoms with Crippen LogP contribution in [0.1, 0.15) is 58.3 Å². The highest BCUT2D eigenvalue weighted by Crippen LogP contribution is 2.40. The third-order valence-electron chi connectivity index (χ3n) is 3.60. The fraction of sp³-hybridized carbons (Fsp3) is 0.846. The number of aliphatic hydroxyl groups is 1. The SMILES string of the molecule is C#CCCCC(O)C1(C)CCCCC1. The van der Waals surface area contributed by atoms with Gasteiger partial charge in [-0.1, -0.05) is 26.2 Å². The van der Waals surface area contributed by atoms with Crippen molar-refractivity contribution >= 4 is 0 Å². The third-order valence-corrected chi connectivity index (χ3v) is 3.60. The van der Waals surface area contributed by atoms with Crippen molar-refractivity contribution < 1.29 is 5.11 Å². The lowest BCUT2D eigenvalue weighted by Crippen LogP contribution is -2.34. The van der Waals surface area contributed by atoms with Crippen LogP contribution in [0, 0.1) is 17.8 Å². The smallest absolute Gasteiger partial charge is 0.0594 e. The Kier molecular flexibility index (Phi) is 4.48. The second kappa shape index (κ2) is 5.41. The molecule has 0 heterocycles. The van der Waals surface area contributed by atoms with Crippen LogP contribution in [-0.2, 0) is 0 Å². The number of rotatable bonds is 4. The third kappa shape index (κ3) is 3.03. The molecule has 14 heavy (non-hydrogen) atoms. The average Bonchev–Trinajstić information content (AvgIpc) is 2.19. The van der Waals surface area contributed by atoms with Gasteiger partial charge in [0.2, 0.25) is 0 Å². The first-order chi connectivity index (χ1) is 6.69. The van der Waals surface area contributed by atoms with E-state index in [-0.39, 0.29) is 11.5 Å². The maximum Gasteiger partial charge on any atom is 0.0594 e. The summed E-state index contributed by atoms with van der Waals surface area (Å²) in [5.41, 5.74) is 0.173. The molecule has 1 aliphatic rings. The summed E-state index contributed by atoms with van der Waals surface area (Å²) in [4.78, 5) is 0. The summed E-state index contributed by atoms with van der Waals surface area (Å²) < 4.78 is 0. The Morgan fingerprint density at radius 3 is 2.57 bits per heavy atom. The topological polar surface area (TPSA) is 20.2 Å². The van der Waals surface area contributed by atoms with E-state index >= 15 is 0 Å². The van der Waals surface area contributed by atoms with Gasteiger partial charge in [-0.05, 0) is 31.1 Å². The number of hydrogen-bond acceptors (Lipinski definition) is 1. The zero-order chi connectivity index (χ0) is 10.4. The van der Waals surface area contributed by atoms with Gasteiger partial charge in [-0.25, -0.2) is 0 Å². The molecule has 80 valence electrons. The Hall–Kier alpha value is -0.480. The number of aliphatic hydroxyl groups excluding tert-OH is 1. The summed E-state index contributed by atoms with van der Waals surface area (Å²) in [5, 5.41) is 10.1. The van der Waals surface area contributed by atoms with Gasteiger partial charge in [0.25, 0.3) is 0 Å². The molecule has 1 unspecified atom stereocenters. The number of unbranched alkanes of at least 4 members (excludes halogenated alkanes) is 1. The molecule has 0 aromatic carbocycles. The predicted molar refractivity (Wildman–Crippen MR) is 59.9 cm³/mol. The molecule has 1 atom stereocenters. The second-order valence-electron chi connectivity index (χ2n) is 4.83. The Labute approximate surface area is 87.9 Å². The molecule has 1 fully saturated rings. The van der Waals surface area contributed by atoms with Gasteiger partial charge >= 0.3 is 0 Å². The van der Waals surface area contributed by atoms with Crippen molar-refractivity contribution in [1.82, 2.24) is 0 Å². The monoisotopic (exact) mass is 194 g/mol. The Balaban J connectivity index is 2.33. The normalized spacial score (nSPS) is 22.6. The van der Waals surface area contributed by atoms with Crippen LogP contribution in [0.15, 0.2) is 0 Å². The van der Waals surface area contributed by atoms with Gasteiger partial charge in [-0.3, -0.25) is 0 Å². The van der Waals surface area contributed by atoms with E-state index in [1.54, 1.807) is 0 Å². The maximum absolute atomic E-state index is 10.1. The van der Waals surface area contributed by atoms with Crippen LogP contribution in [0.3, 0.4) is 0 Å². The molecular weight excluding hydrogens is 172 g/mol. The first-order valence-corrected chi connectivity index (χ1v) is 5.80. The van der Waals surface area contributed by atoms with Gasteiger partial charge in [0.15, 0.2) is 0 Å². The van der Waals surface area contributed by atoms with Crippen LogP contribution in [0.2, 0.25) is 0 Å². The van der Waals surface area contributed by atoms with Crippen LogP contribution < -0.4 is 0 Å². The van der Waals surface area contributed by atoms with Crippen molar-refractivity contribution in [1.29, 1.82) is 0 Å². The molecule has 1 heteroatoms. The van der Waals surface area contributed by atoms with E-state index in [1.807, 2.05) is 0 Å². The van der Waals surface area contributed by atoms with Crippen LogP contribution >= 0.6 is 0 Å². The van der Waals surface area contributed by atoms with Crippen molar-refractivity contribution in [3.8, 4) is 12.3 Å². The van der Waals surface area contributed by atoms with E-state index in [1.165, 1.54) is 32.1 Å². The van der Waals surface area contributed by atoms with E-state index in [2.05, 4.69) is 12.8 Å². The molecule has 0 aliphatic heterocycles. The Morgan fingerprint density at radius 2 is 2.00 bits per heavy atom. The molecule has 1 N–H and O–H groups in total. The average molecular weight is 194 g/mol. The van der Waals surface area contributed by atoms with E-state index in [4.69, 9.17) is 6.42 Å². The van der Waals surface area contributed by atoms with E-state index in [0.717, 1.165) is 19.3 Å². The lowest BCUT2D eigenvalue weighted by Gasteiger charge is -2.38. The minimum Gasteiger partial charge on any atom is -0.393 e. The highest BCUT2D eigenvalue weighted by Gasteiger charge is 2.33. The lowest BCUT2D eigenvalue weighted by atomic mass is 9.70. The minimum absolute atomic E-state index is 0.142. The first kappa shape index (κ1) is 11.6. The molecular formula is C13H22O. The molecule has 0 aromatic heterocycles. The zero-order valence-corrected chi connectivity index (χ0v) is 9.26. The molecule has 0 bridgehead atoms. The van der Waals surface area contributed by atoms with Crippen molar-refractivity contribution in [2.75, 3.05) is 0 Å². The summed E-state index contributed by atoms with van der Waals surface area (Å²) in [6.07, 6.45) is 14.0. The molecule has 1 saturated carbocycles. The predicted octanol–water partition coefficient (Wildman–Crippen LogP) is 3.12. The summed E-state index contributed by atoms with van der Waals surface area (Å²) in [5.74, 6) is 2.63. The van der Waals surface area contributed by atoms with Gasteiger partial charge in [0.05, 0.1) is 6.10 Å². The minimum atomic E-state index is -0.142. The van der Waals surface area contributed by atoms with Crippen molar-refractivity contribution in [3.05, 3.63) is 0 Å². The molecule has 1 nitrogen and oxygen atoms in total. The van der Waals surface area contributed by atoms with Crippen LogP contribution in [0.5, 0.6) is 0 Å². The zero-order valence-electron chi connectivity index (χ0n) is 9.26. The summed E-state index contributed by atoms with van der Waals surface area (Å²) in [6, 6.07) is 0. The summed E-state index contributed by atoms with van der Waals surface area (Å²) in [7, 11) is 0. The van der Waals surface area contributed by atoms with E-state index in [9.17, 15) is 5.11 Å². The van der Waals surface area contributed by atoms with Crippen molar-refractivity contribution in [3.63, 3.8) is 0 Å². The van der Waals surface area contributed by atoms with Gasteiger partial charge in [-0.15, -0.1) is 12.3 Å². The van der Waals surface area contributed by atoms with Gasteiger partial charge in [0, 0.05) is 6.42 Å². The second-order valence-corrected chi connectivity index (χ2v) is 4.83. The van der Waals surface area contributed by atoms with Crippen molar-refractivity contribution in [2.24, 2.45) is 5.41 Å². The number of hydrogen-bond donors (Lipinski definition) is 1.